The summed E-state index contributed by atoms with van der Waals surface area (Å²) in [6, 6.07) is 4.00. The monoisotopic (exact) mass is 301 g/mol. The van der Waals surface area contributed by atoms with E-state index in [1.165, 1.54) is 23.1 Å². The highest BCUT2D eigenvalue weighted by Crippen LogP contribution is 2.34. The van der Waals surface area contributed by atoms with Gasteiger partial charge < -0.3 is 15.5 Å². The Hall–Kier alpha value is -2.25. The van der Waals surface area contributed by atoms with Crippen LogP contribution in [-0.2, 0) is 11.0 Å². The number of nitrogens with zero attached hydrogens (tertiary/aromatic N) is 1. The van der Waals surface area contributed by atoms with Gasteiger partial charge in [0.1, 0.15) is 6.54 Å². The molecule has 1 aromatic rings. The number of hydrogen-bond acceptors (Lipinski definition) is 2. The van der Waals surface area contributed by atoms with Gasteiger partial charge in [0, 0.05) is 13.1 Å². The SMILES string of the molecule is O=C1CN(C(=O)Nc2ccccc2C(F)(F)F)CCCN1. The molecule has 1 aliphatic heterocycles. The average molecular weight is 301 g/mol. The Morgan fingerprint density at radius 2 is 2.00 bits per heavy atom. The molecule has 1 saturated heterocycles. The summed E-state index contributed by atoms with van der Waals surface area (Å²) >= 11 is 0. The third-order valence-electron chi connectivity index (χ3n) is 3.02. The number of benzene rings is 1. The quantitative estimate of drug-likeness (QED) is 0.834. The summed E-state index contributed by atoms with van der Waals surface area (Å²) in [5.74, 6) is -0.327. The van der Waals surface area contributed by atoms with E-state index in [1.807, 2.05) is 0 Å². The van der Waals surface area contributed by atoms with Crippen molar-refractivity contribution in [2.24, 2.45) is 0 Å². The lowest BCUT2D eigenvalue weighted by atomic mass is 10.1. The van der Waals surface area contributed by atoms with Crippen LogP contribution in [0.1, 0.15) is 12.0 Å². The van der Waals surface area contributed by atoms with Crippen molar-refractivity contribution in [1.29, 1.82) is 0 Å². The van der Waals surface area contributed by atoms with E-state index in [0.29, 0.717) is 19.5 Å². The van der Waals surface area contributed by atoms with Crippen LogP contribution >= 0.6 is 0 Å². The molecule has 0 unspecified atom stereocenters. The zero-order valence-corrected chi connectivity index (χ0v) is 11.0. The molecule has 0 bridgehead atoms. The molecule has 5 nitrogen and oxygen atoms in total. The van der Waals surface area contributed by atoms with Gasteiger partial charge in [-0.1, -0.05) is 12.1 Å². The molecular weight excluding hydrogens is 287 g/mol. The molecule has 1 heterocycles. The number of hydrogen-bond donors (Lipinski definition) is 2. The summed E-state index contributed by atoms with van der Waals surface area (Å²) in [5, 5.41) is 4.81. The topological polar surface area (TPSA) is 61.4 Å². The predicted octanol–water partition coefficient (Wildman–Crippen LogP) is 2.06. The van der Waals surface area contributed by atoms with Gasteiger partial charge in [-0.25, -0.2) is 4.79 Å². The fourth-order valence-electron chi connectivity index (χ4n) is 2.01. The number of alkyl halides is 3. The highest BCUT2D eigenvalue weighted by atomic mass is 19.4. The molecule has 21 heavy (non-hydrogen) atoms. The highest BCUT2D eigenvalue weighted by molar-refractivity contribution is 5.93. The van der Waals surface area contributed by atoms with Gasteiger partial charge in [0.05, 0.1) is 11.3 Å². The first-order valence-corrected chi connectivity index (χ1v) is 6.37. The molecule has 1 aromatic carbocycles. The fourth-order valence-corrected chi connectivity index (χ4v) is 2.01. The van der Waals surface area contributed by atoms with E-state index in [0.717, 1.165) is 6.07 Å². The zero-order valence-electron chi connectivity index (χ0n) is 11.0. The lowest BCUT2D eigenvalue weighted by Crippen LogP contribution is -2.40. The summed E-state index contributed by atoms with van der Waals surface area (Å²) < 4.78 is 38.5. The zero-order chi connectivity index (χ0) is 15.5. The van der Waals surface area contributed by atoms with Crippen molar-refractivity contribution in [3.8, 4) is 0 Å². The summed E-state index contributed by atoms with van der Waals surface area (Å²) in [4.78, 5) is 24.6. The summed E-state index contributed by atoms with van der Waals surface area (Å²) in [5.41, 5.74) is -1.24. The normalized spacial score (nSPS) is 16.1. The van der Waals surface area contributed by atoms with E-state index >= 15 is 0 Å². The van der Waals surface area contributed by atoms with Gasteiger partial charge in [0.2, 0.25) is 5.91 Å². The molecule has 8 heteroatoms. The molecule has 2 rings (SSSR count). The van der Waals surface area contributed by atoms with Crippen LogP contribution in [0.5, 0.6) is 0 Å². The Morgan fingerprint density at radius 3 is 2.71 bits per heavy atom. The third kappa shape index (κ3) is 3.87. The first-order chi connectivity index (χ1) is 9.88. The van der Waals surface area contributed by atoms with Crippen molar-refractivity contribution >= 4 is 17.6 Å². The van der Waals surface area contributed by atoms with Gasteiger partial charge in [-0.05, 0) is 18.6 Å². The van der Waals surface area contributed by atoms with Gasteiger partial charge in [-0.2, -0.15) is 13.2 Å². The van der Waals surface area contributed by atoms with Crippen molar-refractivity contribution in [1.82, 2.24) is 10.2 Å². The Morgan fingerprint density at radius 1 is 1.29 bits per heavy atom. The molecule has 2 N–H and O–H groups in total. The number of para-hydroxylation sites is 1. The maximum Gasteiger partial charge on any atom is 0.418 e. The first kappa shape index (κ1) is 15.1. The second-order valence-electron chi connectivity index (χ2n) is 4.60. The van der Waals surface area contributed by atoms with Gasteiger partial charge in [0.25, 0.3) is 0 Å². The molecule has 0 aliphatic carbocycles. The summed E-state index contributed by atoms with van der Waals surface area (Å²) in [6.07, 6.45) is -4.00. The van der Waals surface area contributed by atoms with E-state index in [9.17, 15) is 22.8 Å². The van der Waals surface area contributed by atoms with E-state index in [2.05, 4.69) is 10.6 Å². The Balaban J connectivity index is 2.14. The van der Waals surface area contributed by atoms with Crippen LogP contribution in [0.2, 0.25) is 0 Å². The lowest BCUT2D eigenvalue weighted by Gasteiger charge is -2.21. The molecule has 3 amide bonds. The number of amides is 3. The fraction of sp³-hybridized carbons (Fsp3) is 0.385. The van der Waals surface area contributed by atoms with Crippen molar-refractivity contribution < 1.29 is 22.8 Å². The van der Waals surface area contributed by atoms with Crippen LogP contribution in [0.4, 0.5) is 23.7 Å². The Labute approximate surface area is 119 Å². The lowest BCUT2D eigenvalue weighted by molar-refractivity contribution is -0.137. The van der Waals surface area contributed by atoms with E-state index in [-0.39, 0.29) is 18.1 Å². The van der Waals surface area contributed by atoms with E-state index in [4.69, 9.17) is 0 Å². The predicted molar refractivity (Wildman–Crippen MR) is 69.7 cm³/mol. The number of urea groups is 1. The molecule has 0 atom stereocenters. The number of carbonyl (C=O) groups is 2. The average Bonchev–Trinajstić information content (AvgIpc) is 2.63. The molecular formula is C13H14F3N3O2. The number of rotatable bonds is 1. The smallest absolute Gasteiger partial charge is 0.354 e. The minimum absolute atomic E-state index is 0.167. The largest absolute Gasteiger partial charge is 0.418 e. The Kier molecular flexibility index (Phi) is 4.35. The van der Waals surface area contributed by atoms with Crippen LogP contribution in [0.3, 0.4) is 0 Å². The van der Waals surface area contributed by atoms with Crippen molar-refractivity contribution in [3.05, 3.63) is 29.8 Å². The first-order valence-electron chi connectivity index (χ1n) is 6.37. The van der Waals surface area contributed by atoms with E-state index in [1.54, 1.807) is 0 Å². The maximum absolute atomic E-state index is 12.8. The van der Waals surface area contributed by atoms with Gasteiger partial charge in [-0.3, -0.25) is 4.79 Å². The van der Waals surface area contributed by atoms with Crippen LogP contribution in [0.25, 0.3) is 0 Å². The number of nitrogens with one attached hydrogen (secondary N) is 2. The number of halogens is 3. The molecule has 114 valence electrons. The van der Waals surface area contributed by atoms with Crippen molar-refractivity contribution in [2.75, 3.05) is 25.0 Å². The standard InChI is InChI=1S/C13H14F3N3O2/c14-13(15,16)9-4-1-2-5-10(9)18-12(21)19-7-3-6-17-11(20)8-19/h1-2,4-5H,3,6-8H2,(H,17,20)(H,18,21). The highest BCUT2D eigenvalue weighted by Gasteiger charge is 2.34. The van der Waals surface area contributed by atoms with E-state index < -0.39 is 17.8 Å². The van der Waals surface area contributed by atoms with Crippen LogP contribution in [0.15, 0.2) is 24.3 Å². The van der Waals surface area contributed by atoms with Crippen LogP contribution < -0.4 is 10.6 Å². The van der Waals surface area contributed by atoms with Gasteiger partial charge in [0.15, 0.2) is 0 Å². The molecule has 1 aliphatic rings. The molecule has 0 spiro atoms. The van der Waals surface area contributed by atoms with Crippen molar-refractivity contribution in [2.45, 2.75) is 12.6 Å². The Bertz CT molecular complexity index is 546. The van der Waals surface area contributed by atoms with Crippen LogP contribution in [0, 0.1) is 0 Å². The number of anilines is 1. The minimum atomic E-state index is -4.56. The van der Waals surface area contributed by atoms with Gasteiger partial charge in [-0.15, -0.1) is 0 Å². The minimum Gasteiger partial charge on any atom is -0.354 e. The van der Waals surface area contributed by atoms with Crippen LogP contribution in [-0.4, -0.2) is 36.5 Å². The summed E-state index contributed by atoms with van der Waals surface area (Å²) in [7, 11) is 0. The number of carbonyl (C=O) groups excluding carboxylic acids is 2. The maximum atomic E-state index is 12.8. The third-order valence-corrected chi connectivity index (χ3v) is 3.02. The van der Waals surface area contributed by atoms with Gasteiger partial charge >= 0.3 is 12.2 Å². The molecule has 1 fully saturated rings. The summed E-state index contributed by atoms with van der Waals surface area (Å²) in [6.45, 7) is 0.584. The molecule has 0 saturated carbocycles. The molecule has 0 aromatic heterocycles. The van der Waals surface area contributed by atoms with Crippen molar-refractivity contribution in [3.63, 3.8) is 0 Å². The second kappa shape index (κ2) is 6.02. The second-order valence-corrected chi connectivity index (χ2v) is 4.60. The molecule has 0 radical (unpaired) electrons.